The van der Waals surface area contributed by atoms with Gasteiger partial charge in [0.2, 0.25) is 5.95 Å². The van der Waals surface area contributed by atoms with Gasteiger partial charge in [-0.15, -0.1) is 0 Å². The molecular formula is C11H15N5. The van der Waals surface area contributed by atoms with Gasteiger partial charge in [-0.1, -0.05) is 0 Å². The van der Waals surface area contributed by atoms with E-state index >= 15 is 0 Å². The van der Waals surface area contributed by atoms with Gasteiger partial charge in [-0.2, -0.15) is 5.10 Å². The van der Waals surface area contributed by atoms with Gasteiger partial charge >= 0.3 is 0 Å². The first-order chi connectivity index (χ1) is 7.74. The molecule has 1 aliphatic rings. The van der Waals surface area contributed by atoms with Crippen molar-refractivity contribution in [3.63, 3.8) is 0 Å². The Morgan fingerprint density at radius 3 is 2.88 bits per heavy atom. The summed E-state index contributed by atoms with van der Waals surface area (Å²) in [7, 11) is 1.94. The molecule has 16 heavy (non-hydrogen) atoms. The van der Waals surface area contributed by atoms with Gasteiger partial charge in [0.25, 0.3) is 0 Å². The van der Waals surface area contributed by atoms with Crippen LogP contribution in [0.5, 0.6) is 0 Å². The molecule has 0 spiro atoms. The Morgan fingerprint density at radius 2 is 2.25 bits per heavy atom. The van der Waals surface area contributed by atoms with E-state index in [0.29, 0.717) is 6.04 Å². The minimum absolute atomic E-state index is 0.605. The van der Waals surface area contributed by atoms with Crippen LogP contribution in [0.25, 0.3) is 5.82 Å². The van der Waals surface area contributed by atoms with Crippen molar-refractivity contribution in [1.82, 2.24) is 19.3 Å². The molecule has 0 saturated heterocycles. The number of imidazole rings is 1. The lowest BCUT2D eigenvalue weighted by atomic mass is 10.5. The van der Waals surface area contributed by atoms with Crippen molar-refractivity contribution in [2.24, 2.45) is 7.05 Å². The average Bonchev–Trinajstić information content (AvgIpc) is 2.83. The van der Waals surface area contributed by atoms with Crippen LogP contribution in [-0.2, 0) is 7.05 Å². The molecular weight excluding hydrogens is 202 g/mol. The number of aromatic nitrogens is 4. The minimum Gasteiger partial charge on any atom is -0.353 e. The number of nitrogens with one attached hydrogen (secondary N) is 1. The van der Waals surface area contributed by atoms with Crippen molar-refractivity contribution < 1.29 is 0 Å². The molecule has 1 aliphatic carbocycles. The van der Waals surface area contributed by atoms with E-state index in [1.165, 1.54) is 12.8 Å². The highest BCUT2D eigenvalue weighted by Gasteiger charge is 2.23. The molecule has 5 nitrogen and oxygen atoms in total. The molecule has 0 atom stereocenters. The summed E-state index contributed by atoms with van der Waals surface area (Å²) in [5, 5.41) is 7.61. The van der Waals surface area contributed by atoms with E-state index in [0.717, 1.165) is 17.5 Å². The van der Waals surface area contributed by atoms with Gasteiger partial charge in [0.1, 0.15) is 5.82 Å². The van der Waals surface area contributed by atoms with Crippen molar-refractivity contribution in [1.29, 1.82) is 0 Å². The van der Waals surface area contributed by atoms with Crippen molar-refractivity contribution >= 4 is 5.95 Å². The first-order valence-electron chi connectivity index (χ1n) is 5.55. The molecule has 0 radical (unpaired) electrons. The third-order valence-electron chi connectivity index (χ3n) is 2.78. The monoisotopic (exact) mass is 217 g/mol. The van der Waals surface area contributed by atoms with Crippen molar-refractivity contribution in [3.8, 4) is 5.82 Å². The summed E-state index contributed by atoms with van der Waals surface area (Å²) in [6, 6.07) is 2.59. The first kappa shape index (κ1) is 9.45. The molecule has 0 aromatic carbocycles. The number of aryl methyl sites for hydroxylation is 2. The molecule has 0 aliphatic heterocycles. The van der Waals surface area contributed by atoms with Crippen LogP contribution in [0.1, 0.15) is 18.5 Å². The lowest BCUT2D eigenvalue weighted by Crippen LogP contribution is -2.10. The summed E-state index contributed by atoms with van der Waals surface area (Å²) in [5.74, 6) is 1.95. The minimum atomic E-state index is 0.605. The predicted molar refractivity (Wildman–Crippen MR) is 61.7 cm³/mol. The summed E-state index contributed by atoms with van der Waals surface area (Å²) in [4.78, 5) is 4.50. The molecule has 0 bridgehead atoms. The Kier molecular flexibility index (Phi) is 1.99. The Labute approximate surface area is 94.1 Å². The zero-order valence-corrected chi connectivity index (χ0v) is 9.51. The summed E-state index contributed by atoms with van der Waals surface area (Å²) in [5.41, 5.74) is 1.02. The Morgan fingerprint density at radius 1 is 1.44 bits per heavy atom. The fourth-order valence-corrected chi connectivity index (χ4v) is 1.79. The van der Waals surface area contributed by atoms with E-state index in [1.807, 2.05) is 30.9 Å². The number of hydrogen-bond donors (Lipinski definition) is 1. The van der Waals surface area contributed by atoms with Gasteiger partial charge in [0, 0.05) is 25.4 Å². The molecule has 3 rings (SSSR count). The molecule has 2 aromatic heterocycles. The highest BCUT2D eigenvalue weighted by atomic mass is 15.4. The van der Waals surface area contributed by atoms with Crippen LogP contribution in [0, 0.1) is 6.92 Å². The van der Waals surface area contributed by atoms with Gasteiger partial charge in [0.15, 0.2) is 0 Å². The second kappa shape index (κ2) is 3.37. The lowest BCUT2D eigenvalue weighted by Gasteiger charge is -2.08. The number of rotatable bonds is 3. The van der Waals surface area contributed by atoms with Crippen LogP contribution in [0.2, 0.25) is 0 Å². The van der Waals surface area contributed by atoms with E-state index < -0.39 is 0 Å². The van der Waals surface area contributed by atoms with Gasteiger partial charge in [-0.05, 0) is 19.8 Å². The van der Waals surface area contributed by atoms with Crippen molar-refractivity contribution in [2.45, 2.75) is 25.8 Å². The fraction of sp³-hybridized carbons (Fsp3) is 0.455. The number of anilines is 1. The van der Waals surface area contributed by atoms with Gasteiger partial charge in [-0.3, -0.25) is 9.25 Å². The summed E-state index contributed by atoms with van der Waals surface area (Å²) in [6.07, 6.45) is 6.32. The molecule has 2 aromatic rings. The molecule has 1 fully saturated rings. The van der Waals surface area contributed by atoms with E-state index in [9.17, 15) is 0 Å². The second-order valence-electron chi connectivity index (χ2n) is 4.31. The van der Waals surface area contributed by atoms with E-state index in [1.54, 1.807) is 6.20 Å². The first-order valence-corrected chi connectivity index (χ1v) is 5.55. The van der Waals surface area contributed by atoms with Crippen molar-refractivity contribution in [2.75, 3.05) is 5.32 Å². The van der Waals surface area contributed by atoms with Crippen LogP contribution in [0.15, 0.2) is 18.5 Å². The summed E-state index contributed by atoms with van der Waals surface area (Å²) >= 11 is 0. The highest BCUT2D eigenvalue weighted by Crippen LogP contribution is 2.25. The van der Waals surface area contributed by atoms with Crippen LogP contribution < -0.4 is 5.32 Å². The van der Waals surface area contributed by atoms with Crippen molar-refractivity contribution in [3.05, 3.63) is 24.2 Å². The summed E-state index contributed by atoms with van der Waals surface area (Å²) < 4.78 is 3.90. The van der Waals surface area contributed by atoms with Gasteiger partial charge < -0.3 is 5.32 Å². The maximum Gasteiger partial charge on any atom is 0.209 e. The second-order valence-corrected chi connectivity index (χ2v) is 4.31. The van der Waals surface area contributed by atoms with Crippen LogP contribution in [0.3, 0.4) is 0 Å². The third-order valence-corrected chi connectivity index (χ3v) is 2.78. The van der Waals surface area contributed by atoms with E-state index in [-0.39, 0.29) is 0 Å². The quantitative estimate of drug-likeness (QED) is 0.847. The third kappa shape index (κ3) is 1.58. The molecule has 5 heteroatoms. The molecule has 1 saturated carbocycles. The summed E-state index contributed by atoms with van der Waals surface area (Å²) in [6.45, 7) is 2.00. The molecule has 0 unspecified atom stereocenters. The molecule has 1 N–H and O–H groups in total. The van der Waals surface area contributed by atoms with Crippen LogP contribution in [0.4, 0.5) is 5.95 Å². The normalized spacial score (nSPS) is 15.4. The Hall–Kier alpha value is -1.78. The van der Waals surface area contributed by atoms with Crippen LogP contribution >= 0.6 is 0 Å². The molecule has 0 amide bonds. The number of nitrogens with zero attached hydrogens (tertiary/aromatic N) is 4. The van der Waals surface area contributed by atoms with Crippen LogP contribution in [-0.4, -0.2) is 25.4 Å². The lowest BCUT2D eigenvalue weighted by molar-refractivity contribution is 0.730. The maximum atomic E-state index is 4.50. The standard InChI is InChI=1S/C11H15N5/c1-8-7-16(10-5-6-12-15(10)2)11(13-8)14-9-3-4-9/h5-7,9H,3-4H2,1-2H3,(H,13,14). The average molecular weight is 217 g/mol. The fourth-order valence-electron chi connectivity index (χ4n) is 1.79. The predicted octanol–water partition coefficient (Wildman–Crippen LogP) is 1.49. The topological polar surface area (TPSA) is 47.7 Å². The highest BCUT2D eigenvalue weighted by molar-refractivity contribution is 5.40. The van der Waals surface area contributed by atoms with E-state index in [2.05, 4.69) is 20.0 Å². The Bertz CT molecular complexity index is 506. The van der Waals surface area contributed by atoms with Gasteiger partial charge in [-0.25, -0.2) is 4.98 Å². The zero-order valence-electron chi connectivity index (χ0n) is 9.51. The SMILES string of the molecule is Cc1cn(-c2ccnn2C)c(NC2CC2)n1. The smallest absolute Gasteiger partial charge is 0.209 e. The number of hydrogen-bond acceptors (Lipinski definition) is 3. The Balaban J connectivity index is 2.01. The largest absolute Gasteiger partial charge is 0.353 e. The molecule has 2 heterocycles. The van der Waals surface area contributed by atoms with Gasteiger partial charge in [0.05, 0.1) is 11.9 Å². The zero-order chi connectivity index (χ0) is 11.1. The van der Waals surface area contributed by atoms with E-state index in [4.69, 9.17) is 0 Å². The molecule has 84 valence electrons. The maximum absolute atomic E-state index is 4.50.